The van der Waals surface area contributed by atoms with Crippen molar-refractivity contribution in [2.75, 3.05) is 31.7 Å². The summed E-state index contributed by atoms with van der Waals surface area (Å²) in [5.74, 6) is 6.77. The molecule has 1 spiro atoms. The van der Waals surface area contributed by atoms with E-state index in [1.54, 1.807) is 26.2 Å². The molecule has 2 bridgehead atoms. The van der Waals surface area contributed by atoms with Crippen molar-refractivity contribution in [1.29, 1.82) is 0 Å². The number of anilines is 1. The summed E-state index contributed by atoms with van der Waals surface area (Å²) < 4.78 is 41.9. The standard InChI is InChI=1S/C36H43ClN2O5S/c1-5-16-36(43-4)18-6-8-24(2)25(3)45(41,42)38-34(40)27-11-15-33-32(20-27)39(21-28-10-13-31(28)36)22-35(23-44-33)17-7-9-26-19-29(37)12-14-30(26)35/h6,11-12,14-15,18-20,24-25,28,31H,7-10,13,17,21-23H2,1-4H3,(H,38,40)/b18-6+/t24-,25+,28-,31+,35-,36-/m0/s1. The van der Waals surface area contributed by atoms with Crippen LogP contribution in [0.15, 0.2) is 48.6 Å². The van der Waals surface area contributed by atoms with E-state index < -0.39 is 26.8 Å². The van der Waals surface area contributed by atoms with Gasteiger partial charge in [0.15, 0.2) is 0 Å². The van der Waals surface area contributed by atoms with Gasteiger partial charge in [-0.15, -0.1) is 5.92 Å². The quantitative estimate of drug-likeness (QED) is 0.288. The fourth-order valence-corrected chi connectivity index (χ4v) is 9.33. The van der Waals surface area contributed by atoms with Gasteiger partial charge in [-0.3, -0.25) is 4.79 Å². The molecule has 0 saturated heterocycles. The van der Waals surface area contributed by atoms with Crippen LogP contribution < -0.4 is 14.4 Å². The van der Waals surface area contributed by atoms with Crippen molar-refractivity contribution >= 4 is 33.2 Å². The molecule has 0 unspecified atom stereocenters. The van der Waals surface area contributed by atoms with Crippen molar-refractivity contribution in [2.24, 2.45) is 17.8 Å². The second kappa shape index (κ2) is 12.3. The highest BCUT2D eigenvalue weighted by Gasteiger charge is 2.48. The van der Waals surface area contributed by atoms with E-state index >= 15 is 0 Å². The lowest BCUT2D eigenvalue weighted by atomic mass is 9.64. The average Bonchev–Trinajstić information content (AvgIpc) is 3.15. The first-order valence-electron chi connectivity index (χ1n) is 16.0. The van der Waals surface area contributed by atoms with Gasteiger partial charge in [-0.25, -0.2) is 13.1 Å². The van der Waals surface area contributed by atoms with Gasteiger partial charge in [-0.1, -0.05) is 36.6 Å². The summed E-state index contributed by atoms with van der Waals surface area (Å²) in [4.78, 5) is 15.8. The van der Waals surface area contributed by atoms with Crippen molar-refractivity contribution in [3.05, 3.63) is 70.3 Å². The Hall–Kier alpha value is -2.99. The van der Waals surface area contributed by atoms with E-state index in [1.807, 2.05) is 38.1 Å². The molecular weight excluding hydrogens is 608 g/mol. The zero-order chi connectivity index (χ0) is 32.0. The summed E-state index contributed by atoms with van der Waals surface area (Å²) in [6.07, 6.45) is 9.54. The third-order valence-electron chi connectivity index (χ3n) is 10.8. The molecule has 240 valence electrons. The van der Waals surface area contributed by atoms with E-state index in [9.17, 15) is 13.2 Å². The van der Waals surface area contributed by atoms with E-state index in [2.05, 4.69) is 33.6 Å². The highest BCUT2D eigenvalue weighted by molar-refractivity contribution is 7.90. The predicted molar refractivity (Wildman–Crippen MR) is 178 cm³/mol. The van der Waals surface area contributed by atoms with E-state index in [-0.39, 0.29) is 28.7 Å². The zero-order valence-corrected chi connectivity index (χ0v) is 28.1. The van der Waals surface area contributed by atoms with Gasteiger partial charge in [0, 0.05) is 42.1 Å². The number of aryl methyl sites for hydroxylation is 1. The van der Waals surface area contributed by atoms with E-state index in [0.29, 0.717) is 25.3 Å². The van der Waals surface area contributed by atoms with Gasteiger partial charge in [-0.05, 0) is 112 Å². The molecule has 2 aromatic rings. The fraction of sp³-hybridized carbons (Fsp3) is 0.528. The molecule has 0 radical (unpaired) electrons. The number of hydrogen-bond acceptors (Lipinski definition) is 6. The molecular formula is C36H43ClN2O5S. The minimum atomic E-state index is -3.94. The molecule has 1 saturated carbocycles. The number of sulfonamides is 1. The number of amides is 1. The van der Waals surface area contributed by atoms with Gasteiger partial charge in [0.05, 0.1) is 17.5 Å². The molecule has 4 aliphatic rings. The van der Waals surface area contributed by atoms with Gasteiger partial charge in [-0.2, -0.15) is 0 Å². The number of halogens is 1. The molecule has 6 atom stereocenters. The largest absolute Gasteiger partial charge is 0.490 e. The molecule has 7 nitrogen and oxygen atoms in total. The summed E-state index contributed by atoms with van der Waals surface area (Å²) in [6.45, 7) is 7.30. The van der Waals surface area contributed by atoms with Crippen molar-refractivity contribution in [3.63, 3.8) is 0 Å². The maximum atomic E-state index is 13.5. The van der Waals surface area contributed by atoms with Gasteiger partial charge < -0.3 is 14.4 Å². The fourth-order valence-electron chi connectivity index (χ4n) is 7.85. The van der Waals surface area contributed by atoms with Crippen LogP contribution >= 0.6 is 11.6 Å². The molecule has 45 heavy (non-hydrogen) atoms. The average molecular weight is 651 g/mol. The Morgan fingerprint density at radius 1 is 1.16 bits per heavy atom. The first-order chi connectivity index (χ1) is 21.5. The number of hydrogen-bond donors (Lipinski definition) is 1. The lowest BCUT2D eigenvalue weighted by molar-refractivity contribution is -0.0351. The summed E-state index contributed by atoms with van der Waals surface area (Å²) in [7, 11) is -2.22. The van der Waals surface area contributed by atoms with E-state index in [1.165, 1.54) is 11.1 Å². The lowest BCUT2D eigenvalue weighted by Crippen LogP contribution is -2.52. The number of ether oxygens (including phenoxy) is 2. The van der Waals surface area contributed by atoms with Crippen LogP contribution in [0.25, 0.3) is 0 Å². The second-order valence-corrected chi connectivity index (χ2v) is 15.9. The van der Waals surface area contributed by atoms with Gasteiger partial charge in [0.25, 0.3) is 5.91 Å². The molecule has 1 amide bonds. The molecule has 1 N–H and O–H groups in total. The normalized spacial score (nSPS) is 33.2. The Morgan fingerprint density at radius 3 is 2.71 bits per heavy atom. The first kappa shape index (κ1) is 32.0. The zero-order valence-electron chi connectivity index (χ0n) is 26.6. The molecule has 2 aliphatic heterocycles. The van der Waals surface area contributed by atoms with Gasteiger partial charge >= 0.3 is 0 Å². The number of methoxy groups -OCH3 is 1. The van der Waals surface area contributed by atoms with Crippen LogP contribution in [0.4, 0.5) is 5.69 Å². The summed E-state index contributed by atoms with van der Waals surface area (Å²) in [5.41, 5.74) is 2.57. The summed E-state index contributed by atoms with van der Waals surface area (Å²) in [6, 6.07) is 11.5. The first-order valence-corrected chi connectivity index (χ1v) is 18.0. The van der Waals surface area contributed by atoms with Crippen molar-refractivity contribution in [2.45, 2.75) is 75.6 Å². The van der Waals surface area contributed by atoms with Crippen molar-refractivity contribution in [1.82, 2.24) is 4.72 Å². The third kappa shape index (κ3) is 5.88. The summed E-state index contributed by atoms with van der Waals surface area (Å²) >= 11 is 6.43. The maximum absolute atomic E-state index is 13.5. The summed E-state index contributed by atoms with van der Waals surface area (Å²) in [5, 5.41) is -0.0497. The van der Waals surface area contributed by atoms with Crippen LogP contribution in [-0.2, 0) is 26.6 Å². The van der Waals surface area contributed by atoms with E-state index in [0.717, 1.165) is 49.4 Å². The van der Waals surface area contributed by atoms with Crippen molar-refractivity contribution in [3.8, 4) is 17.6 Å². The minimum Gasteiger partial charge on any atom is -0.490 e. The molecule has 0 aromatic heterocycles. The topological polar surface area (TPSA) is 84.9 Å². The van der Waals surface area contributed by atoms with Gasteiger partial charge in [0.2, 0.25) is 10.0 Å². The molecule has 1 fully saturated rings. The molecule has 2 aromatic carbocycles. The number of benzene rings is 2. The van der Waals surface area contributed by atoms with Crippen LogP contribution in [0.1, 0.15) is 74.4 Å². The molecule has 2 aliphatic carbocycles. The second-order valence-electron chi connectivity index (χ2n) is 13.4. The predicted octanol–water partition coefficient (Wildman–Crippen LogP) is 6.29. The molecule has 6 rings (SSSR count). The number of fused-ring (bicyclic) bond motifs is 4. The Bertz CT molecular complexity index is 1680. The Balaban J connectivity index is 1.47. The van der Waals surface area contributed by atoms with Crippen LogP contribution in [0.3, 0.4) is 0 Å². The SMILES string of the molecule is CC#C[C@]1(OC)/C=C/C[C@H](C)[C@@H](C)S(=O)(=O)NC(=O)c2ccc3c(c2)N(C[C@@H]2CC[C@H]21)C[C@@]1(CCCc2cc(Cl)ccc21)CO3. The smallest absolute Gasteiger partial charge is 0.264 e. The maximum Gasteiger partial charge on any atom is 0.264 e. The van der Waals surface area contributed by atoms with Crippen LogP contribution in [0, 0.1) is 29.6 Å². The lowest BCUT2D eigenvalue weighted by Gasteiger charge is -2.48. The van der Waals surface area contributed by atoms with Crippen LogP contribution in [-0.4, -0.2) is 52.0 Å². The third-order valence-corrected chi connectivity index (χ3v) is 12.9. The number of nitrogens with one attached hydrogen (secondary N) is 1. The Morgan fingerprint density at radius 2 is 1.98 bits per heavy atom. The van der Waals surface area contributed by atoms with E-state index in [4.69, 9.17) is 21.1 Å². The number of nitrogens with zero attached hydrogens (tertiary/aromatic N) is 1. The number of carbonyl (C=O) groups is 1. The number of rotatable bonds is 1. The van der Waals surface area contributed by atoms with Crippen LogP contribution in [0.5, 0.6) is 5.75 Å². The minimum absolute atomic E-state index is 0.156. The van der Waals surface area contributed by atoms with Gasteiger partial charge in [0.1, 0.15) is 11.4 Å². The number of allylic oxidation sites excluding steroid dienone is 1. The Kier molecular flexibility index (Phi) is 8.75. The van der Waals surface area contributed by atoms with Crippen LogP contribution in [0.2, 0.25) is 5.02 Å². The number of carbonyl (C=O) groups excluding carboxylic acids is 1. The monoisotopic (exact) mass is 650 g/mol. The highest BCUT2D eigenvalue weighted by atomic mass is 35.5. The van der Waals surface area contributed by atoms with Crippen molar-refractivity contribution < 1.29 is 22.7 Å². The highest BCUT2D eigenvalue weighted by Crippen LogP contribution is 2.49. The molecule has 2 heterocycles. The Labute approximate surface area is 272 Å². The molecule has 9 heteroatoms.